The lowest BCUT2D eigenvalue weighted by atomic mass is 10.2. The maximum Gasteiger partial charge on any atom is 0.150 e. The maximum absolute atomic E-state index is 13.0. The van der Waals surface area contributed by atoms with Crippen LogP contribution in [0.1, 0.15) is 23.7 Å². The van der Waals surface area contributed by atoms with E-state index in [4.69, 9.17) is 4.74 Å². The molecule has 1 aromatic rings. The molecular formula is C12H15FO2S. The summed E-state index contributed by atoms with van der Waals surface area (Å²) in [5.41, 5.74) is 0.304. The zero-order chi connectivity index (χ0) is 11.8. The summed E-state index contributed by atoms with van der Waals surface area (Å²) in [7, 11) is 0. The second-order valence-corrected chi connectivity index (χ2v) is 4.63. The number of aldehydes is 1. The van der Waals surface area contributed by atoms with Crippen LogP contribution in [0.5, 0.6) is 5.75 Å². The molecule has 0 spiro atoms. The molecule has 1 rings (SSSR count). The molecule has 4 heteroatoms. The van der Waals surface area contributed by atoms with Crippen LogP contribution in [0, 0.1) is 5.82 Å². The summed E-state index contributed by atoms with van der Waals surface area (Å²) < 4.78 is 18.4. The van der Waals surface area contributed by atoms with Crippen molar-refractivity contribution in [2.75, 3.05) is 18.1 Å². The molecule has 0 aliphatic carbocycles. The van der Waals surface area contributed by atoms with Gasteiger partial charge in [-0.15, -0.1) is 0 Å². The van der Waals surface area contributed by atoms with Crippen LogP contribution in [-0.2, 0) is 0 Å². The molecule has 1 aromatic carbocycles. The van der Waals surface area contributed by atoms with Crippen molar-refractivity contribution in [1.82, 2.24) is 0 Å². The van der Waals surface area contributed by atoms with Crippen molar-refractivity contribution >= 4 is 18.0 Å². The number of carbonyl (C=O) groups excluding carboxylic acids is 1. The van der Waals surface area contributed by atoms with Crippen LogP contribution in [0.4, 0.5) is 4.39 Å². The van der Waals surface area contributed by atoms with Crippen LogP contribution in [0.15, 0.2) is 18.2 Å². The zero-order valence-corrected chi connectivity index (χ0v) is 10.1. The Bertz CT molecular complexity index is 342. The van der Waals surface area contributed by atoms with Crippen molar-refractivity contribution in [3.05, 3.63) is 29.6 Å². The minimum atomic E-state index is -0.442. The van der Waals surface area contributed by atoms with Crippen LogP contribution in [0.2, 0.25) is 0 Å². The van der Waals surface area contributed by atoms with Crippen LogP contribution < -0.4 is 4.74 Å². The van der Waals surface area contributed by atoms with E-state index in [9.17, 15) is 9.18 Å². The van der Waals surface area contributed by atoms with E-state index in [1.807, 2.05) is 11.8 Å². The Balaban J connectivity index is 2.41. The third-order valence-electron chi connectivity index (χ3n) is 1.94. The average Bonchev–Trinajstić information content (AvgIpc) is 2.28. The number of hydrogen-bond donors (Lipinski definition) is 0. The van der Waals surface area contributed by atoms with Crippen molar-refractivity contribution in [2.45, 2.75) is 13.3 Å². The van der Waals surface area contributed by atoms with Crippen LogP contribution in [0.3, 0.4) is 0 Å². The fourth-order valence-corrected chi connectivity index (χ4v) is 1.84. The summed E-state index contributed by atoms with van der Waals surface area (Å²) in [5.74, 6) is 2.10. The van der Waals surface area contributed by atoms with E-state index in [1.54, 1.807) is 6.07 Å². The van der Waals surface area contributed by atoms with E-state index >= 15 is 0 Å². The summed E-state index contributed by atoms with van der Waals surface area (Å²) in [6, 6.07) is 4.02. The van der Waals surface area contributed by atoms with E-state index in [0.717, 1.165) is 17.9 Å². The molecular weight excluding hydrogens is 227 g/mol. The molecule has 0 fully saturated rings. The molecule has 0 N–H and O–H groups in total. The predicted octanol–water partition coefficient (Wildman–Crippen LogP) is 3.16. The molecule has 0 aliphatic rings. The highest BCUT2D eigenvalue weighted by atomic mass is 32.2. The Morgan fingerprint density at radius 2 is 2.25 bits per heavy atom. The van der Waals surface area contributed by atoms with Gasteiger partial charge in [-0.05, 0) is 30.1 Å². The first kappa shape index (κ1) is 13.0. The first-order chi connectivity index (χ1) is 7.76. The van der Waals surface area contributed by atoms with Gasteiger partial charge in [0, 0.05) is 11.6 Å². The Morgan fingerprint density at radius 3 is 2.94 bits per heavy atom. The van der Waals surface area contributed by atoms with Crippen molar-refractivity contribution in [2.24, 2.45) is 0 Å². The lowest BCUT2D eigenvalue weighted by molar-refractivity contribution is 0.112. The van der Waals surface area contributed by atoms with E-state index in [-0.39, 0.29) is 0 Å². The molecule has 0 radical (unpaired) electrons. The fraction of sp³-hybridized carbons (Fsp3) is 0.417. The fourth-order valence-electron chi connectivity index (χ4n) is 1.23. The van der Waals surface area contributed by atoms with Gasteiger partial charge in [0.1, 0.15) is 17.9 Å². The standard InChI is InChI=1S/C12H15FO2S/c1-2-16-5-3-4-15-12-7-10(9-14)6-11(13)8-12/h6-9H,2-5H2,1H3. The van der Waals surface area contributed by atoms with E-state index < -0.39 is 5.82 Å². The van der Waals surface area contributed by atoms with E-state index in [0.29, 0.717) is 24.2 Å². The van der Waals surface area contributed by atoms with E-state index in [1.165, 1.54) is 12.1 Å². The highest BCUT2D eigenvalue weighted by Crippen LogP contribution is 2.15. The minimum absolute atomic E-state index is 0.304. The molecule has 0 heterocycles. The van der Waals surface area contributed by atoms with Gasteiger partial charge in [-0.3, -0.25) is 4.79 Å². The Morgan fingerprint density at radius 1 is 1.44 bits per heavy atom. The Kier molecular flexibility index (Phi) is 5.93. The quantitative estimate of drug-likeness (QED) is 0.542. The number of thioether (sulfide) groups is 1. The van der Waals surface area contributed by atoms with Gasteiger partial charge in [-0.2, -0.15) is 11.8 Å². The van der Waals surface area contributed by atoms with Gasteiger partial charge < -0.3 is 4.74 Å². The second-order valence-electron chi connectivity index (χ2n) is 3.24. The number of rotatable bonds is 7. The highest BCUT2D eigenvalue weighted by Gasteiger charge is 2.01. The van der Waals surface area contributed by atoms with Crippen molar-refractivity contribution in [1.29, 1.82) is 0 Å². The summed E-state index contributed by atoms with van der Waals surface area (Å²) in [4.78, 5) is 10.5. The monoisotopic (exact) mass is 242 g/mol. The number of carbonyl (C=O) groups is 1. The third-order valence-corrected chi connectivity index (χ3v) is 2.92. The number of hydrogen-bond acceptors (Lipinski definition) is 3. The maximum atomic E-state index is 13.0. The summed E-state index contributed by atoms with van der Waals surface area (Å²) in [5, 5.41) is 0. The molecule has 0 aromatic heterocycles. The molecule has 88 valence electrons. The summed E-state index contributed by atoms with van der Waals surface area (Å²) in [6.45, 7) is 2.66. The molecule has 0 saturated heterocycles. The Labute approximate surface area is 99.2 Å². The van der Waals surface area contributed by atoms with Gasteiger partial charge in [0.15, 0.2) is 0 Å². The molecule has 0 saturated carbocycles. The lowest BCUT2D eigenvalue weighted by Crippen LogP contribution is -2.00. The van der Waals surface area contributed by atoms with Gasteiger partial charge in [-0.25, -0.2) is 4.39 Å². The van der Waals surface area contributed by atoms with Gasteiger partial charge in [0.05, 0.1) is 6.61 Å². The molecule has 0 atom stereocenters. The smallest absolute Gasteiger partial charge is 0.150 e. The van der Waals surface area contributed by atoms with E-state index in [2.05, 4.69) is 6.92 Å². The van der Waals surface area contributed by atoms with Gasteiger partial charge in [0.25, 0.3) is 0 Å². The minimum Gasteiger partial charge on any atom is -0.493 e. The highest BCUT2D eigenvalue weighted by molar-refractivity contribution is 7.99. The largest absolute Gasteiger partial charge is 0.493 e. The predicted molar refractivity (Wildman–Crippen MR) is 64.9 cm³/mol. The van der Waals surface area contributed by atoms with Crippen molar-refractivity contribution < 1.29 is 13.9 Å². The normalized spacial score (nSPS) is 10.1. The number of halogens is 1. The molecule has 0 amide bonds. The van der Waals surface area contributed by atoms with Crippen molar-refractivity contribution in [3.8, 4) is 5.75 Å². The average molecular weight is 242 g/mol. The van der Waals surface area contributed by atoms with Gasteiger partial charge in [-0.1, -0.05) is 6.92 Å². The van der Waals surface area contributed by atoms with Gasteiger partial charge >= 0.3 is 0 Å². The Hall–Kier alpha value is -1.03. The second kappa shape index (κ2) is 7.28. The first-order valence-electron chi connectivity index (χ1n) is 5.22. The number of ether oxygens (including phenoxy) is 1. The molecule has 2 nitrogen and oxygen atoms in total. The van der Waals surface area contributed by atoms with Crippen LogP contribution in [-0.4, -0.2) is 24.4 Å². The third kappa shape index (κ3) is 4.66. The summed E-state index contributed by atoms with van der Waals surface area (Å²) in [6.07, 6.45) is 1.54. The topological polar surface area (TPSA) is 26.3 Å². The van der Waals surface area contributed by atoms with Gasteiger partial charge in [0.2, 0.25) is 0 Å². The zero-order valence-electron chi connectivity index (χ0n) is 9.24. The summed E-state index contributed by atoms with van der Waals surface area (Å²) >= 11 is 1.84. The van der Waals surface area contributed by atoms with Crippen LogP contribution >= 0.6 is 11.8 Å². The first-order valence-corrected chi connectivity index (χ1v) is 6.38. The molecule has 0 bridgehead atoms. The van der Waals surface area contributed by atoms with Crippen LogP contribution in [0.25, 0.3) is 0 Å². The SMILES string of the molecule is CCSCCCOc1cc(F)cc(C=O)c1. The molecule has 0 aliphatic heterocycles. The molecule has 16 heavy (non-hydrogen) atoms. The van der Waals surface area contributed by atoms with Crippen molar-refractivity contribution in [3.63, 3.8) is 0 Å². The lowest BCUT2D eigenvalue weighted by Gasteiger charge is -2.06. The molecule has 0 unspecified atom stereocenters. The number of benzene rings is 1.